The van der Waals surface area contributed by atoms with Crippen molar-refractivity contribution in [3.8, 4) is 11.1 Å². The van der Waals surface area contributed by atoms with E-state index in [1.54, 1.807) is 23.1 Å². The number of aryl methyl sites for hydroxylation is 1. The number of hydrogen-bond acceptors (Lipinski definition) is 5. The normalized spacial score (nSPS) is 15.3. The van der Waals surface area contributed by atoms with E-state index in [1.807, 2.05) is 13.2 Å². The van der Waals surface area contributed by atoms with Crippen LogP contribution in [0.2, 0.25) is 0 Å². The molecule has 0 amide bonds. The third-order valence-electron chi connectivity index (χ3n) is 3.75. The molecule has 0 aromatic carbocycles. The van der Waals surface area contributed by atoms with Crippen LogP contribution in [0.4, 0.5) is 5.82 Å². The van der Waals surface area contributed by atoms with Crippen molar-refractivity contribution in [1.82, 2.24) is 14.8 Å². The van der Waals surface area contributed by atoms with Crippen LogP contribution in [-0.2, 0) is 11.8 Å². The number of anilines is 1. The van der Waals surface area contributed by atoms with Gasteiger partial charge in [0.15, 0.2) is 0 Å². The number of carbonyl (C=O) groups excluding carboxylic acids is 1. The Hall–Kier alpha value is -2.37. The van der Waals surface area contributed by atoms with Crippen LogP contribution < -0.4 is 5.73 Å². The van der Waals surface area contributed by atoms with Gasteiger partial charge in [-0.1, -0.05) is 0 Å². The first-order valence-corrected chi connectivity index (χ1v) is 7.09. The van der Waals surface area contributed by atoms with Crippen LogP contribution >= 0.6 is 0 Å². The van der Waals surface area contributed by atoms with E-state index in [4.69, 9.17) is 10.5 Å². The monoisotopic (exact) mass is 286 g/mol. The second kappa shape index (κ2) is 5.55. The molecule has 3 rings (SSSR count). The fraction of sp³-hybridized carbons (Fsp3) is 0.400. The second-order valence-corrected chi connectivity index (χ2v) is 5.37. The molecular formula is C15H18N4O2. The maximum Gasteiger partial charge on any atom is 0.342 e. The maximum atomic E-state index is 12.2. The predicted octanol–water partition coefficient (Wildman–Crippen LogP) is 2.16. The SMILES string of the molecule is Cn1cc(-c2cnc(N)c(C(=O)OC3CCCC3)c2)cn1. The summed E-state index contributed by atoms with van der Waals surface area (Å²) in [5.74, 6) is -0.191. The average Bonchev–Trinajstić information content (AvgIpc) is 3.11. The number of carbonyl (C=O) groups is 1. The summed E-state index contributed by atoms with van der Waals surface area (Å²) >= 11 is 0. The van der Waals surface area contributed by atoms with Gasteiger partial charge in [-0.2, -0.15) is 5.10 Å². The number of ether oxygens (including phenoxy) is 1. The van der Waals surface area contributed by atoms with Crippen LogP contribution in [0.15, 0.2) is 24.7 Å². The molecule has 0 unspecified atom stereocenters. The van der Waals surface area contributed by atoms with Gasteiger partial charge in [0, 0.05) is 30.6 Å². The van der Waals surface area contributed by atoms with E-state index in [0.717, 1.165) is 36.8 Å². The molecule has 1 aliphatic rings. The van der Waals surface area contributed by atoms with Gasteiger partial charge in [-0.25, -0.2) is 9.78 Å². The van der Waals surface area contributed by atoms with Crippen LogP contribution in [0, 0.1) is 0 Å². The maximum absolute atomic E-state index is 12.2. The molecule has 0 aliphatic heterocycles. The molecule has 2 aromatic rings. The minimum Gasteiger partial charge on any atom is -0.459 e. The van der Waals surface area contributed by atoms with Crippen LogP contribution in [0.1, 0.15) is 36.0 Å². The highest BCUT2D eigenvalue weighted by molar-refractivity contribution is 5.95. The lowest BCUT2D eigenvalue weighted by atomic mass is 10.1. The predicted molar refractivity (Wildman–Crippen MR) is 78.5 cm³/mol. The molecule has 0 atom stereocenters. The quantitative estimate of drug-likeness (QED) is 0.874. The first-order valence-electron chi connectivity index (χ1n) is 7.09. The lowest BCUT2D eigenvalue weighted by Crippen LogP contribution is -2.16. The Kier molecular flexibility index (Phi) is 3.60. The van der Waals surface area contributed by atoms with E-state index in [1.165, 1.54) is 0 Å². The van der Waals surface area contributed by atoms with Crippen molar-refractivity contribution in [2.45, 2.75) is 31.8 Å². The Labute approximate surface area is 122 Å². The van der Waals surface area contributed by atoms with Gasteiger partial charge < -0.3 is 10.5 Å². The minimum absolute atomic E-state index is 0.0129. The van der Waals surface area contributed by atoms with Crippen LogP contribution in [0.25, 0.3) is 11.1 Å². The summed E-state index contributed by atoms with van der Waals surface area (Å²) in [6.45, 7) is 0. The summed E-state index contributed by atoms with van der Waals surface area (Å²) in [6, 6.07) is 1.72. The molecule has 2 heterocycles. The molecule has 2 N–H and O–H groups in total. The second-order valence-electron chi connectivity index (χ2n) is 5.37. The molecule has 21 heavy (non-hydrogen) atoms. The molecule has 6 heteroatoms. The topological polar surface area (TPSA) is 83.0 Å². The molecule has 0 bridgehead atoms. The highest BCUT2D eigenvalue weighted by Gasteiger charge is 2.22. The lowest BCUT2D eigenvalue weighted by Gasteiger charge is -2.12. The van der Waals surface area contributed by atoms with E-state index in [9.17, 15) is 4.79 Å². The fourth-order valence-corrected chi connectivity index (χ4v) is 2.59. The number of nitrogens with two attached hydrogens (primary N) is 1. The van der Waals surface area contributed by atoms with E-state index in [-0.39, 0.29) is 11.9 Å². The number of nitrogen functional groups attached to an aromatic ring is 1. The van der Waals surface area contributed by atoms with E-state index in [0.29, 0.717) is 5.56 Å². The van der Waals surface area contributed by atoms with Gasteiger partial charge >= 0.3 is 5.97 Å². The zero-order chi connectivity index (χ0) is 14.8. The molecule has 1 saturated carbocycles. The standard InChI is InChI=1S/C15H18N4O2/c1-19-9-11(8-18-19)10-6-13(14(16)17-7-10)15(20)21-12-4-2-3-5-12/h6-9,12H,2-5H2,1H3,(H2,16,17). The van der Waals surface area contributed by atoms with Gasteiger partial charge in [0.05, 0.1) is 6.20 Å². The van der Waals surface area contributed by atoms with Crippen molar-refractivity contribution in [2.75, 3.05) is 5.73 Å². The van der Waals surface area contributed by atoms with E-state index < -0.39 is 5.97 Å². The first kappa shape index (κ1) is 13.6. The molecule has 0 spiro atoms. The average molecular weight is 286 g/mol. The van der Waals surface area contributed by atoms with Gasteiger partial charge in [-0.15, -0.1) is 0 Å². The largest absolute Gasteiger partial charge is 0.459 e. The molecule has 1 fully saturated rings. The summed E-state index contributed by atoms with van der Waals surface area (Å²) in [5.41, 5.74) is 7.83. The lowest BCUT2D eigenvalue weighted by molar-refractivity contribution is 0.0319. The van der Waals surface area contributed by atoms with Gasteiger partial charge in [0.25, 0.3) is 0 Å². The fourth-order valence-electron chi connectivity index (χ4n) is 2.59. The Balaban J connectivity index is 1.85. The van der Waals surface area contributed by atoms with Crippen molar-refractivity contribution in [1.29, 1.82) is 0 Å². The van der Waals surface area contributed by atoms with Crippen LogP contribution in [0.5, 0.6) is 0 Å². The van der Waals surface area contributed by atoms with Crippen LogP contribution in [-0.4, -0.2) is 26.8 Å². The van der Waals surface area contributed by atoms with Crippen molar-refractivity contribution >= 4 is 11.8 Å². The smallest absolute Gasteiger partial charge is 0.342 e. The summed E-state index contributed by atoms with van der Waals surface area (Å²) in [5, 5.41) is 4.11. The van der Waals surface area contributed by atoms with Crippen molar-refractivity contribution in [3.63, 3.8) is 0 Å². The number of hydrogen-bond donors (Lipinski definition) is 1. The Morgan fingerprint density at radius 3 is 2.76 bits per heavy atom. The zero-order valence-corrected chi connectivity index (χ0v) is 12.0. The number of rotatable bonds is 3. The Morgan fingerprint density at radius 2 is 2.10 bits per heavy atom. The van der Waals surface area contributed by atoms with Gasteiger partial charge in [-0.3, -0.25) is 4.68 Å². The first-order chi connectivity index (χ1) is 10.1. The van der Waals surface area contributed by atoms with Gasteiger partial charge in [0.2, 0.25) is 0 Å². The van der Waals surface area contributed by atoms with E-state index >= 15 is 0 Å². The molecule has 1 aliphatic carbocycles. The summed E-state index contributed by atoms with van der Waals surface area (Å²) in [6.07, 6.45) is 9.32. The molecule has 0 radical (unpaired) electrons. The third-order valence-corrected chi connectivity index (χ3v) is 3.75. The van der Waals surface area contributed by atoms with Crippen LogP contribution in [0.3, 0.4) is 0 Å². The molecule has 2 aromatic heterocycles. The van der Waals surface area contributed by atoms with Crippen molar-refractivity contribution in [3.05, 3.63) is 30.2 Å². The summed E-state index contributed by atoms with van der Waals surface area (Å²) in [4.78, 5) is 16.3. The number of pyridine rings is 1. The Morgan fingerprint density at radius 1 is 1.33 bits per heavy atom. The Bertz CT molecular complexity index is 659. The molecule has 110 valence electrons. The molecular weight excluding hydrogens is 268 g/mol. The minimum atomic E-state index is -0.391. The number of nitrogens with zero attached hydrogens (tertiary/aromatic N) is 3. The number of esters is 1. The highest BCUT2D eigenvalue weighted by atomic mass is 16.5. The van der Waals surface area contributed by atoms with E-state index in [2.05, 4.69) is 10.1 Å². The summed E-state index contributed by atoms with van der Waals surface area (Å²) in [7, 11) is 1.84. The van der Waals surface area contributed by atoms with Crippen molar-refractivity contribution in [2.24, 2.45) is 7.05 Å². The number of aromatic nitrogens is 3. The molecule has 0 saturated heterocycles. The third kappa shape index (κ3) is 2.89. The summed E-state index contributed by atoms with van der Waals surface area (Å²) < 4.78 is 7.19. The highest BCUT2D eigenvalue weighted by Crippen LogP contribution is 2.25. The van der Waals surface area contributed by atoms with Crippen molar-refractivity contribution < 1.29 is 9.53 Å². The van der Waals surface area contributed by atoms with Gasteiger partial charge in [-0.05, 0) is 31.7 Å². The van der Waals surface area contributed by atoms with Gasteiger partial charge in [0.1, 0.15) is 17.5 Å². The zero-order valence-electron chi connectivity index (χ0n) is 12.0. The molecule has 6 nitrogen and oxygen atoms in total.